The fraction of sp³-hybridized carbons (Fsp3) is 0.917. The minimum atomic E-state index is 0.127. The van der Waals surface area contributed by atoms with Crippen LogP contribution in [0, 0.1) is 11.3 Å². The molecule has 3 unspecified atom stereocenters. The lowest BCUT2D eigenvalue weighted by Crippen LogP contribution is -2.67. The van der Waals surface area contributed by atoms with E-state index in [1.54, 1.807) is 6.92 Å². The molecule has 4 rings (SSSR count). The first kappa shape index (κ1) is 10.5. The van der Waals surface area contributed by atoms with Crippen LogP contribution in [-0.2, 0) is 4.79 Å². The summed E-state index contributed by atoms with van der Waals surface area (Å²) in [6.45, 7) is 11.0. The lowest BCUT2D eigenvalue weighted by molar-refractivity contribution is -0.123. The van der Waals surface area contributed by atoms with E-state index in [9.17, 15) is 4.79 Å². The van der Waals surface area contributed by atoms with Crippen molar-refractivity contribution in [3.63, 3.8) is 0 Å². The van der Waals surface area contributed by atoms with Gasteiger partial charge in [0.25, 0.3) is 0 Å². The number of carbonyl (C=O) groups excluding carboxylic acids is 1. The molecule has 3 atom stereocenters. The van der Waals surface area contributed by atoms with Crippen LogP contribution in [0.2, 0.25) is 0 Å². The number of fused-ring (bicyclic) bond motifs is 1. The quantitative estimate of drug-likeness (QED) is 0.666. The van der Waals surface area contributed by atoms with Gasteiger partial charge in [0.05, 0.1) is 0 Å². The highest BCUT2D eigenvalue weighted by Gasteiger charge is 2.51. The van der Waals surface area contributed by atoms with E-state index in [2.05, 4.69) is 22.0 Å². The number of nitrogens with one attached hydrogen (secondary N) is 1. The standard InChI is InChI=1S/C12H21N3O/c1-9(16)13-11-10-5-14-3-4-15(6-10)8-12(11,2)7-14/h10-11H,3-8H2,1-2H3,(H,13,16). The first-order valence-electron chi connectivity index (χ1n) is 6.29. The number of rotatable bonds is 1. The molecule has 4 aliphatic rings. The zero-order valence-corrected chi connectivity index (χ0v) is 10.2. The predicted octanol–water partition coefficient (Wildman–Crippen LogP) is -0.242. The normalized spacial score (nSPS) is 50.1. The van der Waals surface area contributed by atoms with Crippen LogP contribution in [0.15, 0.2) is 0 Å². The molecule has 0 aromatic carbocycles. The summed E-state index contributed by atoms with van der Waals surface area (Å²) in [4.78, 5) is 16.5. The molecule has 4 aliphatic heterocycles. The maximum atomic E-state index is 11.3. The number of carbonyl (C=O) groups is 1. The van der Waals surface area contributed by atoms with E-state index in [0.29, 0.717) is 12.0 Å². The maximum absolute atomic E-state index is 11.3. The van der Waals surface area contributed by atoms with E-state index in [0.717, 1.165) is 26.2 Å². The van der Waals surface area contributed by atoms with Crippen molar-refractivity contribution < 1.29 is 4.79 Å². The van der Waals surface area contributed by atoms with Crippen LogP contribution in [0.5, 0.6) is 0 Å². The summed E-state index contributed by atoms with van der Waals surface area (Å²) in [6.07, 6.45) is 0. The molecule has 4 nitrogen and oxygen atoms in total. The minimum absolute atomic E-state index is 0.127. The highest BCUT2D eigenvalue weighted by atomic mass is 16.1. The molecule has 4 saturated heterocycles. The molecular weight excluding hydrogens is 202 g/mol. The lowest BCUT2D eigenvalue weighted by Gasteiger charge is -2.53. The highest BCUT2D eigenvalue weighted by molar-refractivity contribution is 5.73. The van der Waals surface area contributed by atoms with Crippen molar-refractivity contribution in [2.45, 2.75) is 19.9 Å². The largest absolute Gasteiger partial charge is 0.353 e. The van der Waals surface area contributed by atoms with E-state index in [-0.39, 0.29) is 11.3 Å². The Hall–Kier alpha value is -0.610. The average molecular weight is 223 g/mol. The van der Waals surface area contributed by atoms with E-state index in [1.165, 1.54) is 13.1 Å². The van der Waals surface area contributed by atoms with Crippen LogP contribution in [0.4, 0.5) is 0 Å². The average Bonchev–Trinajstić information content (AvgIpc) is 2.39. The van der Waals surface area contributed by atoms with Crippen LogP contribution in [0.1, 0.15) is 13.8 Å². The Morgan fingerprint density at radius 3 is 2.25 bits per heavy atom. The molecule has 4 heterocycles. The van der Waals surface area contributed by atoms with Gasteiger partial charge in [-0.15, -0.1) is 0 Å². The van der Waals surface area contributed by atoms with Crippen LogP contribution < -0.4 is 5.32 Å². The molecule has 1 N–H and O–H groups in total. The zero-order valence-electron chi connectivity index (χ0n) is 10.2. The van der Waals surface area contributed by atoms with E-state index in [4.69, 9.17) is 0 Å². The number of nitrogens with zero attached hydrogens (tertiary/aromatic N) is 2. The molecule has 0 aliphatic carbocycles. The highest BCUT2D eigenvalue weighted by Crippen LogP contribution is 2.40. The molecule has 4 bridgehead atoms. The second kappa shape index (κ2) is 3.44. The molecule has 0 aromatic heterocycles. The smallest absolute Gasteiger partial charge is 0.217 e. The van der Waals surface area contributed by atoms with Gasteiger partial charge in [-0.05, 0) is 0 Å². The van der Waals surface area contributed by atoms with E-state index >= 15 is 0 Å². The topological polar surface area (TPSA) is 35.6 Å². The Labute approximate surface area is 97.0 Å². The van der Waals surface area contributed by atoms with E-state index < -0.39 is 0 Å². The Morgan fingerprint density at radius 1 is 1.25 bits per heavy atom. The van der Waals surface area contributed by atoms with Crippen LogP contribution in [-0.4, -0.2) is 61.0 Å². The fourth-order valence-corrected chi connectivity index (χ4v) is 4.03. The van der Waals surface area contributed by atoms with Crippen molar-refractivity contribution in [3.05, 3.63) is 0 Å². The predicted molar refractivity (Wildman–Crippen MR) is 62.1 cm³/mol. The van der Waals surface area contributed by atoms with Gasteiger partial charge >= 0.3 is 0 Å². The molecule has 0 aromatic rings. The summed E-state index contributed by atoms with van der Waals surface area (Å²) in [7, 11) is 0. The van der Waals surface area contributed by atoms with Crippen molar-refractivity contribution >= 4 is 5.91 Å². The third kappa shape index (κ3) is 1.55. The van der Waals surface area contributed by atoms with Gasteiger partial charge in [0.2, 0.25) is 5.91 Å². The SMILES string of the molecule is CC(=O)NC1C2CN3CCN(C2)CC1(C)C3. The summed E-state index contributed by atoms with van der Waals surface area (Å²) in [5, 5.41) is 3.20. The first-order chi connectivity index (χ1) is 7.57. The maximum Gasteiger partial charge on any atom is 0.217 e. The number of piperidine rings is 2. The molecule has 16 heavy (non-hydrogen) atoms. The van der Waals surface area contributed by atoms with Gasteiger partial charge in [0.15, 0.2) is 0 Å². The summed E-state index contributed by atoms with van der Waals surface area (Å²) >= 11 is 0. The summed E-state index contributed by atoms with van der Waals surface area (Å²) < 4.78 is 0. The molecule has 90 valence electrons. The van der Waals surface area contributed by atoms with Crippen LogP contribution in [0.3, 0.4) is 0 Å². The van der Waals surface area contributed by atoms with Gasteiger partial charge in [-0.25, -0.2) is 0 Å². The molecule has 1 amide bonds. The second-order valence-corrected chi connectivity index (χ2v) is 6.06. The fourth-order valence-electron chi connectivity index (χ4n) is 4.03. The molecule has 4 heteroatoms. The Bertz CT molecular complexity index is 301. The monoisotopic (exact) mass is 223 g/mol. The molecule has 0 saturated carbocycles. The molecule has 0 spiro atoms. The van der Waals surface area contributed by atoms with Gasteiger partial charge in [-0.2, -0.15) is 0 Å². The van der Waals surface area contributed by atoms with Crippen molar-refractivity contribution in [2.75, 3.05) is 39.3 Å². The van der Waals surface area contributed by atoms with Gasteiger partial charge in [0.1, 0.15) is 0 Å². The second-order valence-electron chi connectivity index (χ2n) is 6.06. The number of amides is 1. The third-order valence-corrected chi connectivity index (χ3v) is 4.47. The minimum Gasteiger partial charge on any atom is -0.353 e. The summed E-state index contributed by atoms with van der Waals surface area (Å²) in [5.74, 6) is 0.751. The van der Waals surface area contributed by atoms with Crippen molar-refractivity contribution in [1.82, 2.24) is 15.1 Å². The van der Waals surface area contributed by atoms with Crippen molar-refractivity contribution in [2.24, 2.45) is 11.3 Å². The molecular formula is C12H21N3O. The van der Waals surface area contributed by atoms with Crippen molar-refractivity contribution in [3.8, 4) is 0 Å². The van der Waals surface area contributed by atoms with Crippen molar-refractivity contribution in [1.29, 1.82) is 0 Å². The van der Waals surface area contributed by atoms with Crippen LogP contribution in [0.25, 0.3) is 0 Å². The number of hydrogen-bond acceptors (Lipinski definition) is 3. The van der Waals surface area contributed by atoms with Gasteiger partial charge in [0, 0.05) is 63.6 Å². The van der Waals surface area contributed by atoms with Gasteiger partial charge in [-0.3, -0.25) is 4.79 Å². The van der Waals surface area contributed by atoms with Gasteiger partial charge < -0.3 is 15.1 Å². The van der Waals surface area contributed by atoms with E-state index in [1.807, 2.05) is 0 Å². The summed E-state index contributed by atoms with van der Waals surface area (Å²) in [6, 6.07) is 0.385. The first-order valence-corrected chi connectivity index (χ1v) is 6.29. The van der Waals surface area contributed by atoms with Gasteiger partial charge in [-0.1, -0.05) is 6.92 Å². The zero-order chi connectivity index (χ0) is 11.3. The third-order valence-electron chi connectivity index (χ3n) is 4.47. The number of hydrogen-bond donors (Lipinski definition) is 1. The molecule has 0 radical (unpaired) electrons. The lowest BCUT2D eigenvalue weighted by atomic mass is 9.69. The Kier molecular flexibility index (Phi) is 2.27. The Morgan fingerprint density at radius 2 is 1.81 bits per heavy atom. The summed E-state index contributed by atoms with van der Waals surface area (Å²) in [5.41, 5.74) is 0.253. The Balaban J connectivity index is 1.89. The molecule has 4 fully saturated rings. The van der Waals surface area contributed by atoms with Crippen LogP contribution >= 0.6 is 0 Å².